The average Bonchev–Trinajstić information content (AvgIpc) is 2.95. The van der Waals surface area contributed by atoms with Gasteiger partial charge in [0, 0.05) is 17.7 Å². The third kappa shape index (κ3) is 4.93. The summed E-state index contributed by atoms with van der Waals surface area (Å²) in [5.74, 6) is -5.36. The zero-order valence-electron chi connectivity index (χ0n) is 21.3. The minimum Gasteiger partial charge on any atom is -0.508 e. The summed E-state index contributed by atoms with van der Waals surface area (Å²) < 4.78 is 17.0. The molecular formula is C28H24O14. The predicted octanol–water partition coefficient (Wildman–Crippen LogP) is 0.722. The van der Waals surface area contributed by atoms with E-state index in [1.807, 2.05) is 0 Å². The van der Waals surface area contributed by atoms with Gasteiger partial charge in [-0.25, -0.2) is 4.79 Å². The van der Waals surface area contributed by atoms with Crippen LogP contribution in [-0.2, 0) is 4.74 Å². The fourth-order valence-electron chi connectivity index (χ4n) is 4.65. The average molecular weight is 584 g/mol. The lowest BCUT2D eigenvalue weighted by molar-refractivity contribution is -0.231. The van der Waals surface area contributed by atoms with E-state index < -0.39 is 99.4 Å². The molecule has 3 aromatic carbocycles. The number of benzene rings is 3. The van der Waals surface area contributed by atoms with E-state index in [4.69, 9.17) is 13.9 Å². The number of aliphatic hydroxyl groups is 4. The SMILES string of the molecule is O=C(Oc1cc(O)c2c(=O)cc(-c3ccc(O)cc3)oc2c1[C@@H]1O[C@H](CO)[C@@H](O)[C@H](O)[C@H]1O)c1cc(O)c(O)c(O)c1. The summed E-state index contributed by atoms with van der Waals surface area (Å²) in [6.45, 7) is -0.818. The zero-order valence-corrected chi connectivity index (χ0v) is 21.3. The number of ether oxygens (including phenoxy) is 2. The van der Waals surface area contributed by atoms with E-state index in [0.717, 1.165) is 24.3 Å². The number of hydrogen-bond acceptors (Lipinski definition) is 14. The molecule has 5 atom stereocenters. The third-order valence-electron chi connectivity index (χ3n) is 6.82. The van der Waals surface area contributed by atoms with Gasteiger partial charge in [0.1, 0.15) is 58.9 Å². The number of hydrogen-bond donors (Lipinski definition) is 9. The highest BCUT2D eigenvalue weighted by Gasteiger charge is 2.46. The molecule has 1 aliphatic heterocycles. The molecule has 0 unspecified atom stereocenters. The van der Waals surface area contributed by atoms with Crippen LogP contribution in [0.3, 0.4) is 0 Å². The van der Waals surface area contributed by atoms with Gasteiger partial charge in [-0.3, -0.25) is 4.79 Å². The molecule has 42 heavy (non-hydrogen) atoms. The van der Waals surface area contributed by atoms with E-state index in [1.165, 1.54) is 24.3 Å². The highest BCUT2D eigenvalue weighted by molar-refractivity contribution is 5.95. The number of aliphatic hydroxyl groups excluding tert-OH is 4. The predicted molar refractivity (Wildman–Crippen MR) is 140 cm³/mol. The molecule has 2 heterocycles. The van der Waals surface area contributed by atoms with Gasteiger partial charge in [0.05, 0.1) is 17.7 Å². The number of phenolic OH excluding ortho intramolecular Hbond substituents is 5. The van der Waals surface area contributed by atoms with Crippen LogP contribution in [-0.4, -0.2) is 83.0 Å². The number of phenols is 5. The van der Waals surface area contributed by atoms with E-state index in [1.54, 1.807) is 0 Å². The van der Waals surface area contributed by atoms with Gasteiger partial charge < -0.3 is 59.8 Å². The summed E-state index contributed by atoms with van der Waals surface area (Å²) in [5, 5.41) is 90.6. The van der Waals surface area contributed by atoms with Gasteiger partial charge in [0.25, 0.3) is 0 Å². The molecule has 1 aliphatic rings. The second-order valence-electron chi connectivity index (χ2n) is 9.54. The number of carbonyl (C=O) groups excluding carboxylic acids is 1. The van der Waals surface area contributed by atoms with E-state index in [2.05, 4.69) is 0 Å². The van der Waals surface area contributed by atoms with Crippen molar-refractivity contribution < 1.29 is 64.6 Å². The maximum absolute atomic E-state index is 13.2. The van der Waals surface area contributed by atoms with Gasteiger partial charge in [-0.2, -0.15) is 0 Å². The molecule has 1 saturated heterocycles. The van der Waals surface area contributed by atoms with Crippen LogP contribution >= 0.6 is 0 Å². The summed E-state index contributed by atoms with van der Waals surface area (Å²) in [4.78, 5) is 26.2. The molecule has 0 bridgehead atoms. The van der Waals surface area contributed by atoms with Crippen molar-refractivity contribution in [3.8, 4) is 45.8 Å². The van der Waals surface area contributed by atoms with E-state index in [9.17, 15) is 55.5 Å². The summed E-state index contributed by atoms with van der Waals surface area (Å²) in [5.41, 5.74) is -1.81. The number of esters is 1. The lowest BCUT2D eigenvalue weighted by Gasteiger charge is -2.40. The summed E-state index contributed by atoms with van der Waals surface area (Å²) >= 11 is 0. The maximum Gasteiger partial charge on any atom is 0.343 e. The Bertz CT molecular complexity index is 1700. The van der Waals surface area contributed by atoms with Gasteiger partial charge in [0.2, 0.25) is 0 Å². The second-order valence-corrected chi connectivity index (χ2v) is 9.54. The molecule has 220 valence electrons. The molecule has 4 aromatic rings. The molecule has 0 saturated carbocycles. The van der Waals surface area contributed by atoms with Gasteiger partial charge in [0.15, 0.2) is 28.3 Å². The zero-order chi connectivity index (χ0) is 30.5. The fraction of sp³-hybridized carbons (Fsp3) is 0.214. The normalized spacial score (nSPS) is 22.2. The molecule has 1 aromatic heterocycles. The van der Waals surface area contributed by atoms with Crippen molar-refractivity contribution in [2.75, 3.05) is 6.61 Å². The standard InChI is InChI=1S/C28H24O14/c29-9-19-23(36)24(37)25(38)27(41-19)21-18(42-28(39)11-5-15(33)22(35)16(34)6-11)8-14(32)20-13(31)7-17(40-26(20)21)10-1-3-12(30)4-2-10/h1-8,19,23-25,27,29-30,32-38H,9H2/t19-,23-,24+,25-,27+/m1/s1. The first-order valence-electron chi connectivity index (χ1n) is 12.3. The minimum atomic E-state index is -1.95. The molecule has 0 amide bonds. The molecular weight excluding hydrogens is 560 g/mol. The van der Waals surface area contributed by atoms with E-state index in [-0.39, 0.29) is 11.5 Å². The first-order chi connectivity index (χ1) is 19.9. The van der Waals surface area contributed by atoms with Crippen LogP contribution in [0, 0.1) is 0 Å². The summed E-state index contributed by atoms with van der Waals surface area (Å²) in [6.07, 6.45) is -8.77. The lowest BCUT2D eigenvalue weighted by Crippen LogP contribution is -2.55. The van der Waals surface area contributed by atoms with Gasteiger partial charge in [-0.1, -0.05) is 0 Å². The Balaban J connectivity index is 1.75. The number of rotatable bonds is 5. The molecule has 14 heteroatoms. The number of carbonyl (C=O) groups is 1. The summed E-state index contributed by atoms with van der Waals surface area (Å²) in [7, 11) is 0. The molecule has 9 N–H and O–H groups in total. The molecule has 0 radical (unpaired) electrons. The minimum absolute atomic E-state index is 0.0814. The fourth-order valence-corrected chi connectivity index (χ4v) is 4.65. The van der Waals surface area contributed by atoms with Crippen molar-refractivity contribution in [3.05, 3.63) is 69.9 Å². The maximum atomic E-state index is 13.2. The van der Waals surface area contributed by atoms with Crippen molar-refractivity contribution in [1.29, 1.82) is 0 Å². The largest absolute Gasteiger partial charge is 0.508 e. The highest BCUT2D eigenvalue weighted by Crippen LogP contribution is 2.45. The van der Waals surface area contributed by atoms with Gasteiger partial charge >= 0.3 is 5.97 Å². The van der Waals surface area contributed by atoms with E-state index >= 15 is 0 Å². The van der Waals surface area contributed by atoms with Crippen molar-refractivity contribution in [2.24, 2.45) is 0 Å². The van der Waals surface area contributed by atoms with Crippen molar-refractivity contribution in [2.45, 2.75) is 30.5 Å². The third-order valence-corrected chi connectivity index (χ3v) is 6.82. The number of fused-ring (bicyclic) bond motifs is 1. The van der Waals surface area contributed by atoms with Crippen LogP contribution in [0.5, 0.6) is 34.5 Å². The Morgan fingerprint density at radius 2 is 1.48 bits per heavy atom. The van der Waals surface area contributed by atoms with Crippen LogP contribution in [0.2, 0.25) is 0 Å². The molecule has 14 nitrogen and oxygen atoms in total. The Kier molecular flexibility index (Phi) is 7.40. The second kappa shape index (κ2) is 10.8. The van der Waals surface area contributed by atoms with Gasteiger partial charge in [-0.05, 0) is 36.4 Å². The molecule has 0 aliphatic carbocycles. The Morgan fingerprint density at radius 1 is 0.833 bits per heavy atom. The van der Waals surface area contributed by atoms with Crippen LogP contribution in [0.15, 0.2) is 57.7 Å². The van der Waals surface area contributed by atoms with Crippen molar-refractivity contribution >= 4 is 16.9 Å². The lowest BCUT2D eigenvalue weighted by atomic mass is 9.89. The topological polar surface area (TPSA) is 248 Å². The quantitative estimate of drug-likeness (QED) is 0.0891. The molecule has 1 fully saturated rings. The monoisotopic (exact) mass is 584 g/mol. The van der Waals surface area contributed by atoms with Crippen molar-refractivity contribution in [1.82, 2.24) is 0 Å². The van der Waals surface area contributed by atoms with Crippen LogP contribution < -0.4 is 10.2 Å². The Hall–Kier alpha value is -4.86. The molecule has 5 rings (SSSR count). The van der Waals surface area contributed by atoms with Crippen LogP contribution in [0.25, 0.3) is 22.3 Å². The van der Waals surface area contributed by atoms with Crippen LogP contribution in [0.1, 0.15) is 22.0 Å². The summed E-state index contributed by atoms with van der Waals surface area (Å²) in [6, 6.07) is 8.88. The van der Waals surface area contributed by atoms with Crippen LogP contribution in [0.4, 0.5) is 0 Å². The van der Waals surface area contributed by atoms with Gasteiger partial charge in [-0.15, -0.1) is 0 Å². The highest BCUT2D eigenvalue weighted by atomic mass is 16.6. The Morgan fingerprint density at radius 3 is 2.10 bits per heavy atom. The van der Waals surface area contributed by atoms with E-state index in [0.29, 0.717) is 5.56 Å². The van der Waals surface area contributed by atoms with Crippen molar-refractivity contribution in [3.63, 3.8) is 0 Å². The number of aromatic hydroxyl groups is 5. The molecule has 0 spiro atoms. The smallest absolute Gasteiger partial charge is 0.343 e. The Labute approximate surface area is 234 Å². The first-order valence-corrected chi connectivity index (χ1v) is 12.3. The first kappa shape index (κ1) is 28.7.